The third-order valence-electron chi connectivity index (χ3n) is 5.20. The van der Waals surface area contributed by atoms with Crippen molar-refractivity contribution in [3.63, 3.8) is 0 Å². The van der Waals surface area contributed by atoms with Gasteiger partial charge in [0.15, 0.2) is 16.7 Å². The zero-order valence-corrected chi connectivity index (χ0v) is 19.5. The number of benzene rings is 3. The number of aromatic nitrogens is 2. The van der Waals surface area contributed by atoms with Crippen molar-refractivity contribution in [1.82, 2.24) is 9.55 Å². The number of non-ortho nitro benzene ring substituents is 1. The molecule has 0 aliphatic rings. The fourth-order valence-corrected chi connectivity index (χ4v) is 4.53. The van der Waals surface area contributed by atoms with Crippen molar-refractivity contribution in [2.24, 2.45) is 0 Å². The Kier molecular flexibility index (Phi) is 6.69. The van der Waals surface area contributed by atoms with Crippen molar-refractivity contribution in [3.8, 4) is 22.9 Å². The minimum Gasteiger partial charge on any atom is -0.496 e. The highest BCUT2D eigenvalue weighted by molar-refractivity contribution is 7.98. The van der Waals surface area contributed by atoms with Gasteiger partial charge < -0.3 is 14.2 Å². The number of thioether (sulfide) groups is 1. The lowest BCUT2D eigenvalue weighted by Gasteiger charge is -2.16. The maximum atomic E-state index is 13.5. The second kappa shape index (κ2) is 9.84. The van der Waals surface area contributed by atoms with Crippen LogP contribution in [0.2, 0.25) is 0 Å². The summed E-state index contributed by atoms with van der Waals surface area (Å²) in [6.45, 7) is 0. The standard InChI is InChI=1S/C24H21N3O6S/c1-31-20-10-9-17(27(29)30)12-15(20)14-34-24-25-19-7-5-4-6-18(19)23(28)26(24)16-8-11-21(32-2)22(13-16)33-3/h4-13H,14H2,1-3H3. The van der Waals surface area contributed by atoms with Gasteiger partial charge >= 0.3 is 0 Å². The Morgan fingerprint density at radius 3 is 2.35 bits per heavy atom. The van der Waals surface area contributed by atoms with Crippen LogP contribution in [-0.2, 0) is 5.75 Å². The number of ether oxygens (including phenoxy) is 3. The Hall–Kier alpha value is -4.05. The van der Waals surface area contributed by atoms with E-state index in [2.05, 4.69) is 0 Å². The van der Waals surface area contributed by atoms with E-state index < -0.39 is 4.92 Å². The van der Waals surface area contributed by atoms with Crippen LogP contribution in [0.15, 0.2) is 70.6 Å². The van der Waals surface area contributed by atoms with Crippen LogP contribution in [0.4, 0.5) is 5.69 Å². The normalized spacial score (nSPS) is 10.8. The molecule has 34 heavy (non-hydrogen) atoms. The van der Waals surface area contributed by atoms with Crippen molar-refractivity contribution in [3.05, 3.63) is 86.7 Å². The summed E-state index contributed by atoms with van der Waals surface area (Å²) in [5, 5.41) is 12.1. The quantitative estimate of drug-likeness (QED) is 0.156. The average molecular weight is 480 g/mol. The third kappa shape index (κ3) is 4.40. The van der Waals surface area contributed by atoms with E-state index in [4.69, 9.17) is 19.2 Å². The maximum Gasteiger partial charge on any atom is 0.270 e. The Bertz CT molecular complexity index is 1440. The van der Waals surface area contributed by atoms with E-state index >= 15 is 0 Å². The molecule has 0 bridgehead atoms. The largest absolute Gasteiger partial charge is 0.496 e. The molecule has 0 amide bonds. The number of nitro groups is 1. The topological polar surface area (TPSA) is 106 Å². The van der Waals surface area contributed by atoms with Crippen molar-refractivity contribution in [2.45, 2.75) is 10.9 Å². The highest BCUT2D eigenvalue weighted by atomic mass is 32.2. The minimum absolute atomic E-state index is 0.0415. The molecule has 3 aromatic carbocycles. The van der Waals surface area contributed by atoms with Crippen LogP contribution >= 0.6 is 11.8 Å². The first-order valence-electron chi connectivity index (χ1n) is 10.1. The summed E-state index contributed by atoms with van der Waals surface area (Å²) in [7, 11) is 4.56. The van der Waals surface area contributed by atoms with Gasteiger partial charge in [0, 0.05) is 29.5 Å². The molecule has 10 heteroatoms. The maximum absolute atomic E-state index is 13.5. The smallest absolute Gasteiger partial charge is 0.270 e. The molecule has 0 N–H and O–H groups in total. The zero-order chi connectivity index (χ0) is 24.2. The molecule has 0 unspecified atom stereocenters. The van der Waals surface area contributed by atoms with Gasteiger partial charge in [0.25, 0.3) is 11.2 Å². The van der Waals surface area contributed by atoms with Crippen molar-refractivity contribution in [2.75, 3.05) is 21.3 Å². The molecule has 0 saturated heterocycles. The fourth-order valence-electron chi connectivity index (χ4n) is 3.53. The van der Waals surface area contributed by atoms with Gasteiger partial charge in [-0.15, -0.1) is 0 Å². The summed E-state index contributed by atoms with van der Waals surface area (Å²) in [4.78, 5) is 29.0. The summed E-state index contributed by atoms with van der Waals surface area (Å²) >= 11 is 1.27. The molecule has 0 fully saturated rings. The Morgan fingerprint density at radius 1 is 0.941 bits per heavy atom. The van der Waals surface area contributed by atoms with Crippen LogP contribution in [0.5, 0.6) is 17.2 Å². The van der Waals surface area contributed by atoms with Crippen LogP contribution in [0.1, 0.15) is 5.56 Å². The zero-order valence-electron chi connectivity index (χ0n) is 18.7. The molecule has 0 radical (unpaired) electrons. The number of hydrogen-bond acceptors (Lipinski definition) is 8. The first kappa shape index (κ1) is 23.1. The fraction of sp³-hybridized carbons (Fsp3) is 0.167. The third-order valence-corrected chi connectivity index (χ3v) is 6.19. The van der Waals surface area contributed by atoms with Crippen molar-refractivity contribution >= 4 is 28.4 Å². The number of nitrogens with zero attached hydrogens (tertiary/aromatic N) is 3. The molecule has 1 heterocycles. The van der Waals surface area contributed by atoms with E-state index in [0.29, 0.717) is 50.3 Å². The number of nitro benzene ring substituents is 1. The van der Waals surface area contributed by atoms with Crippen LogP contribution in [0.25, 0.3) is 16.6 Å². The molecule has 4 rings (SSSR count). The predicted octanol–water partition coefficient (Wildman–Crippen LogP) is 4.61. The molecule has 0 saturated carbocycles. The highest BCUT2D eigenvalue weighted by Gasteiger charge is 2.17. The second-order valence-electron chi connectivity index (χ2n) is 7.13. The molecule has 0 aliphatic heterocycles. The molecule has 4 aromatic rings. The predicted molar refractivity (Wildman–Crippen MR) is 130 cm³/mol. The summed E-state index contributed by atoms with van der Waals surface area (Å²) in [6.07, 6.45) is 0. The summed E-state index contributed by atoms with van der Waals surface area (Å²) in [5.41, 5.74) is 1.43. The van der Waals surface area contributed by atoms with Gasteiger partial charge in [0.1, 0.15) is 5.75 Å². The number of para-hydroxylation sites is 1. The number of methoxy groups -OCH3 is 3. The summed E-state index contributed by atoms with van der Waals surface area (Å²) < 4.78 is 17.6. The van der Waals surface area contributed by atoms with Crippen LogP contribution in [0, 0.1) is 10.1 Å². The first-order chi connectivity index (χ1) is 16.5. The van der Waals surface area contributed by atoms with Gasteiger partial charge in [-0.2, -0.15) is 0 Å². The lowest BCUT2D eigenvalue weighted by Crippen LogP contribution is -2.21. The average Bonchev–Trinajstić information content (AvgIpc) is 2.86. The van der Waals surface area contributed by atoms with E-state index in [-0.39, 0.29) is 11.2 Å². The first-order valence-corrected chi connectivity index (χ1v) is 11.1. The Morgan fingerprint density at radius 2 is 1.65 bits per heavy atom. The summed E-state index contributed by atoms with van der Waals surface area (Å²) in [6, 6.07) is 16.7. The van der Waals surface area contributed by atoms with Gasteiger partial charge in [-0.25, -0.2) is 4.98 Å². The SMILES string of the molecule is COc1ccc([N+](=O)[O-])cc1CSc1nc2ccccc2c(=O)n1-c1ccc(OC)c(OC)c1. The van der Waals surface area contributed by atoms with E-state index in [1.165, 1.54) is 49.8 Å². The lowest BCUT2D eigenvalue weighted by molar-refractivity contribution is -0.384. The molecule has 1 aromatic heterocycles. The number of fused-ring (bicyclic) bond motifs is 1. The molecular weight excluding hydrogens is 458 g/mol. The molecule has 0 spiro atoms. The molecular formula is C24H21N3O6S. The second-order valence-corrected chi connectivity index (χ2v) is 8.08. The van der Waals surface area contributed by atoms with Gasteiger partial charge in [0.2, 0.25) is 0 Å². The van der Waals surface area contributed by atoms with E-state index in [1.54, 1.807) is 42.5 Å². The molecule has 0 aliphatic carbocycles. The Labute approximate surface area is 199 Å². The highest BCUT2D eigenvalue weighted by Crippen LogP contribution is 2.33. The minimum atomic E-state index is -0.457. The Balaban J connectivity index is 1.84. The lowest BCUT2D eigenvalue weighted by atomic mass is 10.2. The number of hydrogen-bond donors (Lipinski definition) is 0. The molecule has 174 valence electrons. The van der Waals surface area contributed by atoms with Crippen molar-refractivity contribution in [1.29, 1.82) is 0 Å². The van der Waals surface area contributed by atoms with Crippen LogP contribution in [0.3, 0.4) is 0 Å². The van der Waals surface area contributed by atoms with Gasteiger partial charge in [-0.05, 0) is 30.3 Å². The monoisotopic (exact) mass is 479 g/mol. The van der Waals surface area contributed by atoms with Gasteiger partial charge in [-0.1, -0.05) is 23.9 Å². The van der Waals surface area contributed by atoms with E-state index in [0.717, 1.165) is 0 Å². The van der Waals surface area contributed by atoms with Crippen LogP contribution < -0.4 is 19.8 Å². The van der Waals surface area contributed by atoms with E-state index in [1.807, 2.05) is 6.07 Å². The van der Waals surface area contributed by atoms with Crippen molar-refractivity contribution < 1.29 is 19.1 Å². The number of rotatable bonds is 8. The van der Waals surface area contributed by atoms with Gasteiger partial charge in [-0.3, -0.25) is 19.5 Å². The van der Waals surface area contributed by atoms with E-state index in [9.17, 15) is 14.9 Å². The van der Waals surface area contributed by atoms with Gasteiger partial charge in [0.05, 0.1) is 42.8 Å². The summed E-state index contributed by atoms with van der Waals surface area (Å²) in [5.74, 6) is 1.81. The molecule has 9 nitrogen and oxygen atoms in total. The molecule has 0 atom stereocenters. The van der Waals surface area contributed by atoms with Crippen LogP contribution in [-0.4, -0.2) is 35.8 Å².